The summed E-state index contributed by atoms with van der Waals surface area (Å²) in [7, 11) is -1.02. The normalized spacial score (nSPS) is 14.2. The summed E-state index contributed by atoms with van der Waals surface area (Å²) in [4.78, 5) is 11.2. The molecule has 5 heteroatoms. The minimum atomic E-state index is -1.02. The molecule has 2 rings (SSSR count). The van der Waals surface area contributed by atoms with Crippen molar-refractivity contribution >= 4 is 25.1 Å². The molecule has 0 atom stereocenters. The van der Waals surface area contributed by atoms with Gasteiger partial charge in [0.1, 0.15) is 0 Å². The van der Waals surface area contributed by atoms with E-state index >= 15 is 0 Å². The Bertz CT molecular complexity index is 367. The van der Waals surface area contributed by atoms with Crippen LogP contribution < -0.4 is 5.46 Å². The summed E-state index contributed by atoms with van der Waals surface area (Å²) in [6.45, 7) is 0. The molecule has 0 unspecified atom stereocenters. The Morgan fingerprint density at radius 2 is 2.23 bits per heavy atom. The van der Waals surface area contributed by atoms with Gasteiger partial charge in [0.15, 0.2) is 0 Å². The van der Waals surface area contributed by atoms with Gasteiger partial charge in [-0.2, -0.15) is 5.10 Å². The van der Waals surface area contributed by atoms with Crippen molar-refractivity contribution in [3.05, 3.63) is 29.8 Å². The van der Waals surface area contributed by atoms with Crippen molar-refractivity contribution in [1.29, 1.82) is 0 Å². The number of carbonyl (C=O) groups excluding carboxylic acids is 1. The van der Waals surface area contributed by atoms with E-state index in [1.807, 2.05) is 12.1 Å². The second-order valence-corrected chi connectivity index (χ2v) is 2.68. The van der Waals surface area contributed by atoms with Gasteiger partial charge >= 0.3 is 13.5 Å². The van der Waals surface area contributed by atoms with Gasteiger partial charge in [0.2, 0.25) is 0 Å². The summed E-state index contributed by atoms with van der Waals surface area (Å²) < 4.78 is 0. The van der Waals surface area contributed by atoms with Gasteiger partial charge < -0.3 is 5.02 Å². The fourth-order valence-corrected chi connectivity index (χ4v) is 1.26. The van der Waals surface area contributed by atoms with Crippen LogP contribution >= 0.6 is 0 Å². The molecule has 0 aliphatic carbocycles. The van der Waals surface area contributed by atoms with E-state index in [0.717, 1.165) is 10.5 Å². The molecule has 0 saturated carbocycles. The summed E-state index contributed by atoms with van der Waals surface area (Å²) in [6, 6.07) is 7.21. The third kappa shape index (κ3) is 1.23. The SMILES string of the molecule is O=[C]N1N=Cc2ccccc2B1O. The average Bonchev–Trinajstić information content (AvgIpc) is 2.19. The fraction of sp³-hybridized carbons (Fsp3) is 0. The van der Waals surface area contributed by atoms with Crippen molar-refractivity contribution in [1.82, 2.24) is 4.92 Å². The highest BCUT2D eigenvalue weighted by molar-refractivity contribution is 6.67. The lowest BCUT2D eigenvalue weighted by molar-refractivity contribution is 0.451. The van der Waals surface area contributed by atoms with Crippen LogP contribution in [0.3, 0.4) is 0 Å². The maximum Gasteiger partial charge on any atom is 0.475 e. The van der Waals surface area contributed by atoms with Crippen LogP contribution in [0, 0.1) is 0 Å². The van der Waals surface area contributed by atoms with Gasteiger partial charge in [-0.05, 0) is 11.0 Å². The van der Waals surface area contributed by atoms with Gasteiger partial charge in [-0.1, -0.05) is 24.3 Å². The predicted octanol–water partition coefficient (Wildman–Crippen LogP) is -0.909. The number of benzene rings is 1. The van der Waals surface area contributed by atoms with Crippen molar-refractivity contribution in [2.24, 2.45) is 5.10 Å². The maximum atomic E-state index is 10.3. The first-order chi connectivity index (χ1) is 6.33. The third-order valence-electron chi connectivity index (χ3n) is 1.92. The van der Waals surface area contributed by atoms with Gasteiger partial charge in [0, 0.05) is 0 Å². The molecular weight excluding hydrogens is 167 g/mol. The van der Waals surface area contributed by atoms with Crippen molar-refractivity contribution in [2.75, 3.05) is 0 Å². The molecule has 1 radical (unpaired) electrons. The molecule has 0 fully saturated rings. The molecule has 63 valence electrons. The molecule has 1 aromatic carbocycles. The van der Waals surface area contributed by atoms with Crippen molar-refractivity contribution < 1.29 is 9.82 Å². The van der Waals surface area contributed by atoms with E-state index in [9.17, 15) is 9.82 Å². The van der Waals surface area contributed by atoms with Crippen LogP contribution in [-0.2, 0) is 4.79 Å². The Hall–Kier alpha value is -1.62. The van der Waals surface area contributed by atoms with E-state index in [0.29, 0.717) is 5.46 Å². The molecule has 13 heavy (non-hydrogen) atoms. The number of nitrogens with zero attached hydrogens (tertiary/aromatic N) is 2. The molecular formula is C8H6BN2O2. The number of hydrazone groups is 1. The Morgan fingerprint density at radius 3 is 3.00 bits per heavy atom. The molecule has 1 aliphatic heterocycles. The van der Waals surface area contributed by atoms with Crippen LogP contribution in [0.4, 0.5) is 0 Å². The zero-order chi connectivity index (χ0) is 9.26. The Kier molecular flexibility index (Phi) is 1.86. The van der Waals surface area contributed by atoms with Gasteiger partial charge in [-0.25, -0.2) is 4.92 Å². The molecule has 1 aromatic rings. The first kappa shape index (κ1) is 8.00. The standard InChI is InChI=1S/C8H6BN2O2/c12-6-11-9(13)8-4-2-1-3-7(8)5-10-11/h1-5,13H. The zero-order valence-corrected chi connectivity index (χ0v) is 6.71. The van der Waals surface area contributed by atoms with Crippen LogP contribution in [0.1, 0.15) is 5.56 Å². The van der Waals surface area contributed by atoms with Crippen LogP contribution in [-0.4, -0.2) is 29.6 Å². The van der Waals surface area contributed by atoms with E-state index in [4.69, 9.17) is 0 Å². The van der Waals surface area contributed by atoms with Gasteiger partial charge in [-0.3, -0.25) is 4.79 Å². The van der Waals surface area contributed by atoms with E-state index in [-0.39, 0.29) is 0 Å². The van der Waals surface area contributed by atoms with E-state index in [1.54, 1.807) is 12.1 Å². The van der Waals surface area contributed by atoms with Gasteiger partial charge in [-0.15, -0.1) is 0 Å². The monoisotopic (exact) mass is 173 g/mol. The number of rotatable bonds is 1. The predicted molar refractivity (Wildman–Crippen MR) is 49.2 cm³/mol. The molecule has 1 N–H and O–H groups in total. The Balaban J connectivity index is 2.48. The molecule has 1 heterocycles. The summed E-state index contributed by atoms with van der Waals surface area (Å²) in [6.07, 6.45) is 3.05. The molecule has 4 nitrogen and oxygen atoms in total. The zero-order valence-electron chi connectivity index (χ0n) is 6.71. The summed E-state index contributed by atoms with van der Waals surface area (Å²) >= 11 is 0. The van der Waals surface area contributed by atoms with E-state index < -0.39 is 7.05 Å². The highest BCUT2D eigenvalue weighted by atomic mass is 16.2. The lowest BCUT2D eigenvalue weighted by Crippen LogP contribution is -2.49. The second-order valence-electron chi connectivity index (χ2n) is 2.68. The summed E-state index contributed by atoms with van der Waals surface area (Å²) in [5.74, 6) is 0. The highest BCUT2D eigenvalue weighted by Gasteiger charge is 2.28. The second kappa shape index (κ2) is 3.03. The Morgan fingerprint density at radius 1 is 1.46 bits per heavy atom. The minimum Gasteiger partial charge on any atom is -0.427 e. The number of fused-ring (bicyclic) bond motifs is 1. The van der Waals surface area contributed by atoms with Crippen LogP contribution in [0.15, 0.2) is 29.4 Å². The summed E-state index contributed by atoms with van der Waals surface area (Å²) in [5.41, 5.74) is 1.49. The lowest BCUT2D eigenvalue weighted by atomic mass is 9.70. The smallest absolute Gasteiger partial charge is 0.427 e. The van der Waals surface area contributed by atoms with Crippen LogP contribution in [0.5, 0.6) is 0 Å². The van der Waals surface area contributed by atoms with E-state index in [2.05, 4.69) is 5.10 Å². The number of hydrogen-bond acceptors (Lipinski definition) is 3. The molecule has 0 aromatic heterocycles. The first-order valence-electron chi connectivity index (χ1n) is 3.81. The Labute approximate surface area is 75.6 Å². The summed E-state index contributed by atoms with van der Waals surface area (Å²) in [5, 5.41) is 13.3. The third-order valence-corrected chi connectivity index (χ3v) is 1.92. The highest BCUT2D eigenvalue weighted by Crippen LogP contribution is 2.02. The maximum absolute atomic E-state index is 10.3. The topological polar surface area (TPSA) is 52.9 Å². The van der Waals surface area contributed by atoms with Crippen molar-refractivity contribution in [2.45, 2.75) is 0 Å². The molecule has 0 bridgehead atoms. The number of hydrogen-bond donors (Lipinski definition) is 1. The van der Waals surface area contributed by atoms with Crippen LogP contribution in [0.2, 0.25) is 0 Å². The fourth-order valence-electron chi connectivity index (χ4n) is 1.26. The minimum absolute atomic E-state index is 0.667. The van der Waals surface area contributed by atoms with Gasteiger partial charge in [0.25, 0.3) is 0 Å². The van der Waals surface area contributed by atoms with Crippen LogP contribution in [0.25, 0.3) is 0 Å². The van der Waals surface area contributed by atoms with Crippen molar-refractivity contribution in [3.8, 4) is 0 Å². The molecule has 0 spiro atoms. The largest absolute Gasteiger partial charge is 0.475 e. The average molecular weight is 173 g/mol. The molecule has 0 saturated heterocycles. The quantitative estimate of drug-likeness (QED) is 0.559. The van der Waals surface area contributed by atoms with Gasteiger partial charge in [0.05, 0.1) is 6.21 Å². The molecule has 1 amide bonds. The lowest BCUT2D eigenvalue weighted by Gasteiger charge is -2.19. The molecule has 1 aliphatic rings. The van der Waals surface area contributed by atoms with Crippen molar-refractivity contribution in [3.63, 3.8) is 0 Å². The van der Waals surface area contributed by atoms with E-state index in [1.165, 1.54) is 12.6 Å². The number of amides is 1. The first-order valence-corrected chi connectivity index (χ1v) is 3.81.